The number of pyridine rings is 1. The molecular formula is C22H17FN4O2. The maximum atomic E-state index is 13.7. The molecule has 1 aliphatic heterocycles. The summed E-state index contributed by atoms with van der Waals surface area (Å²) in [6.07, 6.45) is 1.54. The summed E-state index contributed by atoms with van der Waals surface area (Å²) >= 11 is 0. The summed E-state index contributed by atoms with van der Waals surface area (Å²) in [5.74, 6) is 0.388. The highest BCUT2D eigenvalue weighted by molar-refractivity contribution is 5.95. The highest BCUT2D eigenvalue weighted by Crippen LogP contribution is 2.23. The van der Waals surface area contributed by atoms with E-state index in [1.165, 1.54) is 6.07 Å². The molecule has 6 nitrogen and oxygen atoms in total. The van der Waals surface area contributed by atoms with Crippen LogP contribution >= 0.6 is 0 Å². The first-order valence-corrected chi connectivity index (χ1v) is 9.30. The lowest BCUT2D eigenvalue weighted by Gasteiger charge is -2.39. The molecule has 0 saturated carbocycles. The molecule has 0 unspecified atom stereocenters. The van der Waals surface area contributed by atoms with Gasteiger partial charge in [0, 0.05) is 11.8 Å². The number of likely N-dealkylation sites (tertiary alicyclic amines) is 1. The summed E-state index contributed by atoms with van der Waals surface area (Å²) < 4.78 is 21.2. The summed E-state index contributed by atoms with van der Waals surface area (Å²) in [6, 6.07) is 19.5. The van der Waals surface area contributed by atoms with Crippen molar-refractivity contribution in [1.82, 2.24) is 19.5 Å². The number of halogens is 1. The second-order valence-electron chi connectivity index (χ2n) is 6.92. The molecule has 4 aromatic rings. The SMILES string of the molecule is O=C(c1ccc2nnc(-c3ccccc3)n2c1)N1CC(Oc2ccccc2F)C1. The van der Waals surface area contributed by atoms with Gasteiger partial charge >= 0.3 is 0 Å². The van der Waals surface area contributed by atoms with E-state index in [0.717, 1.165) is 5.56 Å². The lowest BCUT2D eigenvalue weighted by atomic mass is 10.1. The minimum absolute atomic E-state index is 0.104. The van der Waals surface area contributed by atoms with Crippen LogP contribution in [0.5, 0.6) is 5.75 Å². The summed E-state index contributed by atoms with van der Waals surface area (Å²) in [5, 5.41) is 8.42. The molecule has 0 spiro atoms. The number of amides is 1. The van der Waals surface area contributed by atoms with Gasteiger partial charge in [-0.3, -0.25) is 9.20 Å². The fourth-order valence-corrected chi connectivity index (χ4v) is 3.38. The van der Waals surface area contributed by atoms with Gasteiger partial charge in [-0.1, -0.05) is 42.5 Å². The Hall–Kier alpha value is -3.74. The fourth-order valence-electron chi connectivity index (χ4n) is 3.38. The number of fused-ring (bicyclic) bond motifs is 1. The average molecular weight is 388 g/mol. The number of carbonyl (C=O) groups is 1. The Morgan fingerprint density at radius 1 is 0.966 bits per heavy atom. The summed E-state index contributed by atoms with van der Waals surface area (Å²) in [5.41, 5.74) is 2.13. The summed E-state index contributed by atoms with van der Waals surface area (Å²) in [7, 11) is 0. The van der Waals surface area contributed by atoms with Gasteiger partial charge in [-0.25, -0.2) is 4.39 Å². The van der Waals surface area contributed by atoms with Crippen molar-refractivity contribution < 1.29 is 13.9 Å². The van der Waals surface area contributed by atoms with Crippen LogP contribution in [-0.2, 0) is 0 Å². The third-order valence-electron chi connectivity index (χ3n) is 4.95. The van der Waals surface area contributed by atoms with Gasteiger partial charge in [0.2, 0.25) is 0 Å². The Balaban J connectivity index is 1.33. The van der Waals surface area contributed by atoms with Gasteiger partial charge in [-0.2, -0.15) is 0 Å². The molecule has 2 aromatic heterocycles. The standard InChI is InChI=1S/C22H17FN4O2/c23-18-8-4-5-9-19(18)29-17-13-26(14-17)22(28)16-10-11-20-24-25-21(27(20)12-16)15-6-2-1-3-7-15/h1-12,17H,13-14H2. The minimum atomic E-state index is -0.399. The van der Waals surface area contributed by atoms with Crippen molar-refractivity contribution >= 4 is 11.6 Å². The van der Waals surface area contributed by atoms with E-state index < -0.39 is 5.82 Å². The maximum Gasteiger partial charge on any atom is 0.255 e. The molecule has 2 aromatic carbocycles. The molecule has 1 amide bonds. The fraction of sp³-hybridized carbons (Fsp3) is 0.136. The molecule has 7 heteroatoms. The quantitative estimate of drug-likeness (QED) is 0.537. The zero-order chi connectivity index (χ0) is 19.8. The second kappa shape index (κ2) is 7.01. The van der Waals surface area contributed by atoms with Crippen molar-refractivity contribution in [2.75, 3.05) is 13.1 Å². The van der Waals surface area contributed by atoms with E-state index in [-0.39, 0.29) is 17.8 Å². The number of ether oxygens (including phenoxy) is 1. The molecule has 3 heterocycles. The number of para-hydroxylation sites is 1. The van der Waals surface area contributed by atoms with E-state index >= 15 is 0 Å². The van der Waals surface area contributed by atoms with Crippen LogP contribution in [0.1, 0.15) is 10.4 Å². The topological polar surface area (TPSA) is 59.7 Å². The number of benzene rings is 2. The van der Waals surface area contributed by atoms with Crippen molar-refractivity contribution in [2.45, 2.75) is 6.10 Å². The molecule has 1 saturated heterocycles. The van der Waals surface area contributed by atoms with Crippen LogP contribution in [0.3, 0.4) is 0 Å². The zero-order valence-electron chi connectivity index (χ0n) is 15.4. The Labute approximate surface area is 166 Å². The Morgan fingerprint density at radius 3 is 2.52 bits per heavy atom. The van der Waals surface area contributed by atoms with Gasteiger partial charge < -0.3 is 9.64 Å². The van der Waals surface area contributed by atoms with Crippen molar-refractivity contribution in [1.29, 1.82) is 0 Å². The predicted molar refractivity (Wildman–Crippen MR) is 105 cm³/mol. The van der Waals surface area contributed by atoms with E-state index in [2.05, 4.69) is 10.2 Å². The van der Waals surface area contributed by atoms with Gasteiger partial charge in [-0.05, 0) is 24.3 Å². The molecule has 29 heavy (non-hydrogen) atoms. The molecule has 1 fully saturated rings. The van der Waals surface area contributed by atoms with Crippen LogP contribution in [0.4, 0.5) is 4.39 Å². The van der Waals surface area contributed by atoms with E-state index in [9.17, 15) is 9.18 Å². The van der Waals surface area contributed by atoms with Gasteiger partial charge in [0.05, 0.1) is 18.7 Å². The van der Waals surface area contributed by atoms with Crippen LogP contribution in [-0.4, -0.2) is 44.6 Å². The number of carbonyl (C=O) groups excluding carboxylic acids is 1. The van der Waals surface area contributed by atoms with Crippen molar-refractivity contribution in [2.24, 2.45) is 0 Å². The third-order valence-corrected chi connectivity index (χ3v) is 4.95. The summed E-state index contributed by atoms with van der Waals surface area (Å²) in [4.78, 5) is 14.5. The monoisotopic (exact) mass is 388 g/mol. The van der Waals surface area contributed by atoms with E-state index in [4.69, 9.17) is 4.74 Å². The largest absolute Gasteiger partial charge is 0.484 e. The van der Waals surface area contributed by atoms with Crippen molar-refractivity contribution in [3.63, 3.8) is 0 Å². The van der Waals surface area contributed by atoms with Crippen LogP contribution in [0.15, 0.2) is 72.9 Å². The van der Waals surface area contributed by atoms with Crippen LogP contribution in [0, 0.1) is 5.82 Å². The zero-order valence-corrected chi connectivity index (χ0v) is 15.4. The second-order valence-corrected chi connectivity index (χ2v) is 6.92. The number of nitrogens with zero attached hydrogens (tertiary/aromatic N) is 4. The molecular weight excluding hydrogens is 371 g/mol. The first-order valence-electron chi connectivity index (χ1n) is 9.30. The van der Waals surface area contributed by atoms with Crippen molar-refractivity contribution in [3.05, 3.63) is 84.3 Å². The Kier molecular flexibility index (Phi) is 4.20. The molecule has 0 bridgehead atoms. The van der Waals surface area contributed by atoms with E-state index in [0.29, 0.717) is 30.1 Å². The molecule has 0 aliphatic carbocycles. The van der Waals surface area contributed by atoms with E-state index in [1.54, 1.807) is 41.4 Å². The third kappa shape index (κ3) is 3.20. The van der Waals surface area contributed by atoms with E-state index in [1.807, 2.05) is 34.7 Å². The maximum absolute atomic E-state index is 13.7. The summed E-state index contributed by atoms with van der Waals surface area (Å²) in [6.45, 7) is 0.831. The molecule has 0 N–H and O–H groups in total. The molecule has 1 aliphatic rings. The Morgan fingerprint density at radius 2 is 1.72 bits per heavy atom. The molecule has 5 rings (SSSR count). The number of hydrogen-bond donors (Lipinski definition) is 0. The van der Waals surface area contributed by atoms with Gasteiger partial charge in [-0.15, -0.1) is 10.2 Å². The molecule has 144 valence electrons. The van der Waals surface area contributed by atoms with Gasteiger partial charge in [0.15, 0.2) is 23.0 Å². The lowest BCUT2D eigenvalue weighted by Crippen LogP contribution is -2.56. The molecule has 0 radical (unpaired) electrons. The van der Waals surface area contributed by atoms with Crippen LogP contribution in [0.2, 0.25) is 0 Å². The first-order chi connectivity index (χ1) is 14.2. The first kappa shape index (κ1) is 17.4. The average Bonchev–Trinajstić information content (AvgIpc) is 3.15. The predicted octanol–water partition coefficient (Wildman–Crippen LogP) is 3.44. The van der Waals surface area contributed by atoms with Crippen LogP contribution in [0.25, 0.3) is 17.0 Å². The number of hydrogen-bond acceptors (Lipinski definition) is 4. The normalized spacial score (nSPS) is 14.0. The minimum Gasteiger partial charge on any atom is -0.484 e. The highest BCUT2D eigenvalue weighted by Gasteiger charge is 2.33. The Bertz CT molecular complexity index is 1190. The number of aromatic nitrogens is 3. The number of rotatable bonds is 4. The highest BCUT2D eigenvalue weighted by atomic mass is 19.1. The van der Waals surface area contributed by atoms with Gasteiger partial charge in [0.25, 0.3) is 5.91 Å². The smallest absolute Gasteiger partial charge is 0.255 e. The van der Waals surface area contributed by atoms with Crippen LogP contribution < -0.4 is 4.74 Å². The lowest BCUT2D eigenvalue weighted by molar-refractivity contribution is 0.0163. The van der Waals surface area contributed by atoms with Crippen molar-refractivity contribution in [3.8, 4) is 17.1 Å². The molecule has 0 atom stereocenters. The van der Waals surface area contributed by atoms with Gasteiger partial charge in [0.1, 0.15) is 6.10 Å².